The Morgan fingerprint density at radius 2 is 1.00 bits per heavy atom. The van der Waals surface area contributed by atoms with E-state index in [9.17, 15) is 19.8 Å². The molecule has 0 bridgehead atoms. The molecule has 0 aromatic heterocycles. The Bertz CT molecular complexity index is 1040. The highest BCUT2D eigenvalue weighted by atomic mass is 16.5. The van der Waals surface area contributed by atoms with E-state index in [1.807, 2.05) is 36.5 Å². The number of rotatable bonds is 39. The number of hydrogen-bond donors (Lipinski definition) is 3. The van der Waals surface area contributed by atoms with Crippen LogP contribution in [0.2, 0.25) is 0 Å². The van der Waals surface area contributed by atoms with Gasteiger partial charge in [0.15, 0.2) is 0 Å². The fraction of sp³-hybridized carbons (Fsp3) is 0.714. The van der Waals surface area contributed by atoms with Crippen molar-refractivity contribution in [3.63, 3.8) is 0 Å². The third kappa shape index (κ3) is 38.0. The van der Waals surface area contributed by atoms with Crippen LogP contribution in [0.5, 0.6) is 0 Å². The maximum absolute atomic E-state index is 13.1. The van der Waals surface area contributed by atoms with Crippen LogP contribution in [0, 0.1) is 0 Å². The van der Waals surface area contributed by atoms with Crippen LogP contribution in [0.15, 0.2) is 72.9 Å². The second-order valence-corrected chi connectivity index (χ2v) is 15.2. The second kappa shape index (κ2) is 42.4. The Hall–Kier alpha value is -2.70. The normalized spacial score (nSPS) is 14.1. The van der Waals surface area contributed by atoms with Gasteiger partial charge in [-0.05, 0) is 64.2 Å². The van der Waals surface area contributed by atoms with E-state index in [0.717, 1.165) is 64.2 Å². The van der Waals surface area contributed by atoms with Crippen molar-refractivity contribution in [1.29, 1.82) is 0 Å². The monoisotopic (exact) mass is 768 g/mol. The molecule has 0 aliphatic rings. The molecule has 3 N–H and O–H groups in total. The first-order chi connectivity index (χ1) is 27.0. The number of carbonyl (C=O) groups excluding carboxylic acids is 2. The molecule has 0 heterocycles. The molecule has 55 heavy (non-hydrogen) atoms. The molecule has 0 aromatic rings. The minimum absolute atomic E-state index is 0.0238. The topological polar surface area (TPSA) is 95.9 Å². The fourth-order valence-electron chi connectivity index (χ4n) is 6.44. The molecular weight excluding hydrogens is 683 g/mol. The van der Waals surface area contributed by atoms with Crippen molar-refractivity contribution in [2.24, 2.45) is 0 Å². The minimum Gasteiger partial charge on any atom is -0.462 e. The lowest BCUT2D eigenvalue weighted by atomic mass is 10.0. The van der Waals surface area contributed by atoms with Crippen LogP contribution in [0.4, 0.5) is 0 Å². The van der Waals surface area contributed by atoms with E-state index >= 15 is 0 Å². The van der Waals surface area contributed by atoms with E-state index in [0.29, 0.717) is 19.3 Å². The summed E-state index contributed by atoms with van der Waals surface area (Å²) >= 11 is 0. The summed E-state index contributed by atoms with van der Waals surface area (Å²) in [6.45, 7) is 6.25. The average molecular weight is 768 g/mol. The number of nitrogens with one attached hydrogen (secondary N) is 1. The zero-order chi connectivity index (χ0) is 40.3. The van der Waals surface area contributed by atoms with Crippen molar-refractivity contribution in [1.82, 2.24) is 5.32 Å². The first-order valence-electron chi connectivity index (χ1n) is 22.7. The highest BCUT2D eigenvalue weighted by Crippen LogP contribution is 2.16. The van der Waals surface area contributed by atoms with Gasteiger partial charge in [0.2, 0.25) is 5.91 Å². The maximum atomic E-state index is 13.1. The van der Waals surface area contributed by atoms with E-state index in [1.165, 1.54) is 89.9 Å². The average Bonchev–Trinajstić information content (AvgIpc) is 3.18. The first-order valence-corrected chi connectivity index (χ1v) is 22.7. The van der Waals surface area contributed by atoms with Gasteiger partial charge in [-0.1, -0.05) is 196 Å². The molecule has 0 aliphatic heterocycles. The Morgan fingerprint density at radius 1 is 0.545 bits per heavy atom. The molecule has 0 saturated heterocycles. The van der Waals surface area contributed by atoms with Gasteiger partial charge in [0.05, 0.1) is 25.2 Å². The third-order valence-electron chi connectivity index (χ3n) is 9.89. The van der Waals surface area contributed by atoms with E-state index in [2.05, 4.69) is 62.5 Å². The molecule has 0 spiro atoms. The highest BCUT2D eigenvalue weighted by molar-refractivity contribution is 5.77. The standard InChI is InChI=1S/C49H85NO5/c1-4-7-10-13-16-19-22-23-24-25-27-30-33-36-39-42-49(54)55-45(40-37-34-31-28-26-20-17-14-11-8-5-2)43-48(53)50-46(44-51)47(52)41-38-35-32-29-21-18-15-12-9-6-3/h8,11,14,16-17,19-20,22-23,26,28,31,45-47,51-52H,4-7,9-10,12-13,15,18,21,24-25,27,29-30,32-44H2,1-3H3,(H,50,53)/b11-8+,17-14+,19-16+,23-22+,26-20-,31-28-. The number of amides is 1. The predicted octanol–water partition coefficient (Wildman–Crippen LogP) is 13.1. The van der Waals surface area contributed by atoms with Crippen LogP contribution in [-0.4, -0.2) is 46.9 Å². The van der Waals surface area contributed by atoms with Gasteiger partial charge in [0.25, 0.3) is 0 Å². The summed E-state index contributed by atoms with van der Waals surface area (Å²) in [5, 5.41) is 23.6. The number of hydrogen-bond acceptors (Lipinski definition) is 5. The molecule has 0 fully saturated rings. The van der Waals surface area contributed by atoms with Gasteiger partial charge in [-0.3, -0.25) is 9.59 Å². The van der Waals surface area contributed by atoms with Crippen molar-refractivity contribution in [3.05, 3.63) is 72.9 Å². The Kier molecular flexibility index (Phi) is 40.4. The number of allylic oxidation sites excluding steroid dienone is 12. The van der Waals surface area contributed by atoms with Crippen LogP contribution in [0.1, 0.15) is 201 Å². The number of ether oxygens (including phenoxy) is 1. The van der Waals surface area contributed by atoms with Crippen LogP contribution in [-0.2, 0) is 14.3 Å². The van der Waals surface area contributed by atoms with Crippen LogP contribution in [0.3, 0.4) is 0 Å². The lowest BCUT2D eigenvalue weighted by Gasteiger charge is -2.24. The lowest BCUT2D eigenvalue weighted by Crippen LogP contribution is -2.46. The predicted molar refractivity (Wildman–Crippen MR) is 236 cm³/mol. The zero-order valence-electron chi connectivity index (χ0n) is 35.8. The molecule has 0 rings (SSSR count). The highest BCUT2D eigenvalue weighted by Gasteiger charge is 2.24. The van der Waals surface area contributed by atoms with Gasteiger partial charge in [-0.15, -0.1) is 0 Å². The summed E-state index contributed by atoms with van der Waals surface area (Å²) in [4.78, 5) is 25.9. The second-order valence-electron chi connectivity index (χ2n) is 15.2. The van der Waals surface area contributed by atoms with Gasteiger partial charge < -0.3 is 20.3 Å². The summed E-state index contributed by atoms with van der Waals surface area (Å²) < 4.78 is 5.86. The number of aliphatic hydroxyl groups is 2. The van der Waals surface area contributed by atoms with Gasteiger partial charge in [0, 0.05) is 6.42 Å². The van der Waals surface area contributed by atoms with Crippen LogP contribution >= 0.6 is 0 Å². The van der Waals surface area contributed by atoms with Crippen LogP contribution < -0.4 is 5.32 Å². The maximum Gasteiger partial charge on any atom is 0.306 e. The molecule has 6 nitrogen and oxygen atoms in total. The number of aliphatic hydroxyl groups excluding tert-OH is 2. The number of esters is 1. The Balaban J connectivity index is 4.69. The third-order valence-corrected chi connectivity index (χ3v) is 9.89. The van der Waals surface area contributed by atoms with Crippen LogP contribution in [0.25, 0.3) is 0 Å². The van der Waals surface area contributed by atoms with Gasteiger partial charge in [0.1, 0.15) is 6.10 Å². The van der Waals surface area contributed by atoms with E-state index in [-0.39, 0.29) is 24.9 Å². The molecular formula is C49H85NO5. The van der Waals surface area contributed by atoms with E-state index < -0.39 is 18.2 Å². The Morgan fingerprint density at radius 3 is 1.58 bits per heavy atom. The molecule has 0 aliphatic carbocycles. The summed E-state index contributed by atoms with van der Waals surface area (Å²) in [5.41, 5.74) is 0. The summed E-state index contributed by atoms with van der Waals surface area (Å²) in [6, 6.07) is -0.725. The largest absolute Gasteiger partial charge is 0.462 e. The van der Waals surface area contributed by atoms with Crippen molar-refractivity contribution < 1.29 is 24.5 Å². The number of carbonyl (C=O) groups is 2. The smallest absolute Gasteiger partial charge is 0.306 e. The fourth-order valence-corrected chi connectivity index (χ4v) is 6.44. The summed E-state index contributed by atoms with van der Waals surface area (Å²) in [7, 11) is 0. The first kappa shape index (κ1) is 52.3. The molecule has 0 aromatic carbocycles. The molecule has 6 heteroatoms. The lowest BCUT2D eigenvalue weighted by molar-refractivity contribution is -0.151. The Labute approximate surface area is 339 Å². The van der Waals surface area contributed by atoms with E-state index in [1.54, 1.807) is 0 Å². The van der Waals surface area contributed by atoms with Crippen molar-refractivity contribution in [2.75, 3.05) is 6.61 Å². The molecule has 316 valence electrons. The molecule has 0 radical (unpaired) electrons. The van der Waals surface area contributed by atoms with Crippen molar-refractivity contribution in [2.45, 2.75) is 219 Å². The molecule has 0 saturated carbocycles. The van der Waals surface area contributed by atoms with Gasteiger partial charge in [-0.2, -0.15) is 0 Å². The SMILES string of the molecule is CC/C=C/C=C/C=C\C=C/CCCC(CC(=O)NC(CO)C(O)CCCCCCCCCCCC)OC(=O)CCCCCCCC/C=C/C=C/CCCCC. The van der Waals surface area contributed by atoms with E-state index in [4.69, 9.17) is 4.74 Å². The molecule has 3 atom stereocenters. The summed E-state index contributed by atoms with van der Waals surface area (Å²) in [5.74, 6) is -0.563. The summed E-state index contributed by atoms with van der Waals surface area (Å²) in [6.07, 6.45) is 52.5. The molecule has 3 unspecified atom stereocenters. The number of unbranched alkanes of at least 4 members (excludes halogenated alkanes) is 19. The van der Waals surface area contributed by atoms with Gasteiger partial charge >= 0.3 is 5.97 Å². The van der Waals surface area contributed by atoms with Crippen molar-refractivity contribution >= 4 is 11.9 Å². The molecule has 1 amide bonds. The minimum atomic E-state index is -0.807. The zero-order valence-corrected chi connectivity index (χ0v) is 35.8. The van der Waals surface area contributed by atoms with Gasteiger partial charge in [-0.25, -0.2) is 0 Å². The van der Waals surface area contributed by atoms with Crippen molar-refractivity contribution in [3.8, 4) is 0 Å². The quantitative estimate of drug-likeness (QED) is 0.0329.